The molecule has 0 saturated carbocycles. The molecule has 0 spiro atoms. The van der Waals surface area contributed by atoms with Crippen LogP contribution in [0.4, 0.5) is 11.8 Å². The average Bonchev–Trinajstić information content (AvgIpc) is 2.55. The number of carbonyl (C=O) groups is 1. The van der Waals surface area contributed by atoms with Crippen molar-refractivity contribution in [3.05, 3.63) is 29.5 Å². The summed E-state index contributed by atoms with van der Waals surface area (Å²) in [5.74, 6) is 1.23. The van der Waals surface area contributed by atoms with Crippen molar-refractivity contribution in [3.8, 4) is 17.2 Å². The van der Waals surface area contributed by atoms with Gasteiger partial charge in [0, 0.05) is 12.6 Å². The normalized spacial score (nSPS) is 10.5. The molecule has 0 unspecified atom stereocenters. The van der Waals surface area contributed by atoms with Gasteiger partial charge in [-0.25, -0.2) is 4.98 Å². The molecule has 8 nitrogen and oxygen atoms in total. The number of nitrogens with two attached hydrogens (primary N) is 2. The number of nitrogens with one attached hydrogen (secondary N) is 1. The standard InChI is InChI=1S/C16H21N5O3/c1-8(2)9-5-11(23-4)10(15(22)19-3)6-12(9)24-13-7-20-16(18)21-14(13)17/h5-8H,1-4H3,(H,19,22)(H4,17,18,20,21). The first-order valence-electron chi connectivity index (χ1n) is 7.37. The van der Waals surface area contributed by atoms with Gasteiger partial charge in [-0.2, -0.15) is 4.98 Å². The lowest BCUT2D eigenvalue weighted by molar-refractivity contribution is 0.0959. The quantitative estimate of drug-likeness (QED) is 0.764. The number of hydrogen-bond donors (Lipinski definition) is 3. The highest BCUT2D eigenvalue weighted by Crippen LogP contribution is 2.37. The summed E-state index contributed by atoms with van der Waals surface area (Å²) in [6.07, 6.45) is 1.39. The van der Waals surface area contributed by atoms with E-state index >= 15 is 0 Å². The van der Waals surface area contributed by atoms with Crippen molar-refractivity contribution < 1.29 is 14.3 Å². The fraction of sp³-hybridized carbons (Fsp3) is 0.312. The maximum atomic E-state index is 12.1. The molecular formula is C16H21N5O3. The van der Waals surface area contributed by atoms with E-state index in [0.29, 0.717) is 17.1 Å². The van der Waals surface area contributed by atoms with E-state index in [1.165, 1.54) is 13.3 Å². The maximum absolute atomic E-state index is 12.1. The highest BCUT2D eigenvalue weighted by molar-refractivity contribution is 5.97. The molecule has 2 rings (SSSR count). The van der Waals surface area contributed by atoms with Crippen LogP contribution in [-0.4, -0.2) is 30.0 Å². The Bertz CT molecular complexity index is 762. The molecule has 0 aliphatic heterocycles. The second kappa shape index (κ2) is 7.03. The van der Waals surface area contributed by atoms with Crippen LogP contribution in [0.15, 0.2) is 18.3 Å². The molecule has 5 N–H and O–H groups in total. The number of rotatable bonds is 5. The smallest absolute Gasteiger partial charge is 0.254 e. The fourth-order valence-corrected chi connectivity index (χ4v) is 2.19. The Morgan fingerprint density at radius 1 is 1.21 bits per heavy atom. The molecule has 0 radical (unpaired) electrons. The Labute approximate surface area is 140 Å². The molecule has 24 heavy (non-hydrogen) atoms. The van der Waals surface area contributed by atoms with Crippen LogP contribution in [0.1, 0.15) is 35.7 Å². The van der Waals surface area contributed by atoms with Crippen LogP contribution < -0.4 is 26.3 Å². The van der Waals surface area contributed by atoms with Gasteiger partial charge in [-0.15, -0.1) is 0 Å². The maximum Gasteiger partial charge on any atom is 0.254 e. The van der Waals surface area contributed by atoms with Crippen LogP contribution in [0.25, 0.3) is 0 Å². The number of anilines is 2. The van der Waals surface area contributed by atoms with Gasteiger partial charge >= 0.3 is 0 Å². The van der Waals surface area contributed by atoms with Gasteiger partial charge in [-0.3, -0.25) is 4.79 Å². The minimum absolute atomic E-state index is 0.0599. The first-order valence-corrected chi connectivity index (χ1v) is 7.37. The lowest BCUT2D eigenvalue weighted by Crippen LogP contribution is -2.19. The second-order valence-electron chi connectivity index (χ2n) is 5.40. The lowest BCUT2D eigenvalue weighted by Gasteiger charge is -2.18. The number of aromatic nitrogens is 2. The molecule has 1 aromatic carbocycles. The number of nitrogens with zero attached hydrogens (tertiary/aromatic N) is 2. The Morgan fingerprint density at radius 2 is 1.92 bits per heavy atom. The number of benzene rings is 1. The Kier molecular flexibility index (Phi) is 5.08. The van der Waals surface area contributed by atoms with Gasteiger partial charge in [0.15, 0.2) is 11.6 Å². The van der Waals surface area contributed by atoms with E-state index in [9.17, 15) is 4.79 Å². The molecule has 1 amide bonds. The number of ether oxygens (including phenoxy) is 2. The summed E-state index contributed by atoms with van der Waals surface area (Å²) in [4.78, 5) is 19.8. The van der Waals surface area contributed by atoms with Crippen molar-refractivity contribution in [2.24, 2.45) is 0 Å². The summed E-state index contributed by atoms with van der Waals surface area (Å²) < 4.78 is 11.2. The number of carbonyl (C=O) groups excluding carboxylic acids is 1. The first-order chi connectivity index (χ1) is 11.4. The molecule has 0 aliphatic rings. The molecule has 0 saturated heterocycles. The number of amides is 1. The molecule has 8 heteroatoms. The van der Waals surface area contributed by atoms with Crippen LogP contribution in [0.3, 0.4) is 0 Å². The lowest BCUT2D eigenvalue weighted by atomic mass is 9.99. The SMILES string of the molecule is CNC(=O)c1cc(Oc2cnc(N)nc2N)c(C(C)C)cc1OC. The van der Waals surface area contributed by atoms with Crippen molar-refractivity contribution in [2.45, 2.75) is 19.8 Å². The van der Waals surface area contributed by atoms with E-state index in [2.05, 4.69) is 15.3 Å². The molecule has 2 aromatic rings. The van der Waals surface area contributed by atoms with E-state index in [0.717, 1.165) is 5.56 Å². The Hall–Kier alpha value is -3.03. The van der Waals surface area contributed by atoms with Crippen LogP contribution in [0.2, 0.25) is 0 Å². The number of methoxy groups -OCH3 is 1. The highest BCUT2D eigenvalue weighted by Gasteiger charge is 2.19. The average molecular weight is 331 g/mol. The van der Waals surface area contributed by atoms with Gasteiger partial charge in [0.05, 0.1) is 18.9 Å². The van der Waals surface area contributed by atoms with Gasteiger partial charge in [-0.1, -0.05) is 13.8 Å². The van der Waals surface area contributed by atoms with Crippen molar-refractivity contribution in [1.82, 2.24) is 15.3 Å². The topological polar surface area (TPSA) is 125 Å². The fourth-order valence-electron chi connectivity index (χ4n) is 2.19. The Balaban J connectivity index is 2.55. The highest BCUT2D eigenvalue weighted by atomic mass is 16.5. The van der Waals surface area contributed by atoms with Gasteiger partial charge in [0.1, 0.15) is 11.5 Å². The van der Waals surface area contributed by atoms with E-state index < -0.39 is 0 Å². The Morgan fingerprint density at radius 3 is 2.46 bits per heavy atom. The molecule has 0 atom stereocenters. The van der Waals surface area contributed by atoms with Crippen molar-refractivity contribution in [2.75, 3.05) is 25.6 Å². The van der Waals surface area contributed by atoms with Gasteiger partial charge in [-0.05, 0) is 18.1 Å². The zero-order valence-electron chi connectivity index (χ0n) is 14.1. The van der Waals surface area contributed by atoms with Crippen LogP contribution in [0.5, 0.6) is 17.2 Å². The van der Waals surface area contributed by atoms with Crippen molar-refractivity contribution >= 4 is 17.7 Å². The van der Waals surface area contributed by atoms with E-state index in [1.807, 2.05) is 13.8 Å². The van der Waals surface area contributed by atoms with Crippen LogP contribution in [0, 0.1) is 0 Å². The van der Waals surface area contributed by atoms with Gasteiger partial charge in [0.25, 0.3) is 5.91 Å². The van der Waals surface area contributed by atoms with E-state index in [4.69, 9.17) is 20.9 Å². The van der Waals surface area contributed by atoms with E-state index in [1.54, 1.807) is 19.2 Å². The molecule has 0 aliphatic carbocycles. The van der Waals surface area contributed by atoms with Crippen molar-refractivity contribution in [1.29, 1.82) is 0 Å². The first kappa shape index (κ1) is 17.3. The number of hydrogen-bond acceptors (Lipinski definition) is 7. The van der Waals surface area contributed by atoms with Gasteiger partial charge < -0.3 is 26.3 Å². The predicted molar refractivity (Wildman–Crippen MR) is 91.4 cm³/mol. The predicted octanol–water partition coefficient (Wildman–Crippen LogP) is 1.92. The third-order valence-corrected chi connectivity index (χ3v) is 3.45. The molecule has 1 heterocycles. The second-order valence-corrected chi connectivity index (χ2v) is 5.40. The van der Waals surface area contributed by atoms with Crippen LogP contribution in [-0.2, 0) is 0 Å². The molecule has 128 valence electrons. The third-order valence-electron chi connectivity index (χ3n) is 3.45. The monoisotopic (exact) mass is 331 g/mol. The molecule has 0 bridgehead atoms. The third kappa shape index (κ3) is 3.48. The molecule has 1 aromatic heterocycles. The van der Waals surface area contributed by atoms with Crippen LogP contribution >= 0.6 is 0 Å². The van der Waals surface area contributed by atoms with Crippen molar-refractivity contribution in [3.63, 3.8) is 0 Å². The summed E-state index contributed by atoms with van der Waals surface area (Å²) in [6, 6.07) is 3.39. The zero-order valence-corrected chi connectivity index (χ0v) is 14.1. The number of nitrogen functional groups attached to an aromatic ring is 2. The minimum Gasteiger partial charge on any atom is -0.496 e. The summed E-state index contributed by atoms with van der Waals surface area (Å²) in [6.45, 7) is 4.01. The largest absolute Gasteiger partial charge is 0.496 e. The minimum atomic E-state index is -0.284. The van der Waals surface area contributed by atoms with E-state index in [-0.39, 0.29) is 29.3 Å². The van der Waals surface area contributed by atoms with Gasteiger partial charge in [0.2, 0.25) is 5.95 Å². The molecular weight excluding hydrogens is 310 g/mol. The zero-order chi connectivity index (χ0) is 17.9. The summed E-state index contributed by atoms with van der Waals surface area (Å²) in [7, 11) is 3.06. The summed E-state index contributed by atoms with van der Waals surface area (Å²) in [5.41, 5.74) is 12.5. The molecule has 0 fully saturated rings. The summed E-state index contributed by atoms with van der Waals surface area (Å²) >= 11 is 0. The summed E-state index contributed by atoms with van der Waals surface area (Å²) in [5, 5.41) is 2.57.